The van der Waals surface area contributed by atoms with Crippen molar-refractivity contribution in [1.29, 1.82) is 0 Å². The molecular weight excluding hydrogens is 887 g/mol. The van der Waals surface area contributed by atoms with E-state index in [0.29, 0.717) is 23.9 Å². The van der Waals surface area contributed by atoms with Gasteiger partial charge < -0.3 is 33.3 Å². The fourth-order valence-electron chi connectivity index (χ4n) is 7.76. The van der Waals surface area contributed by atoms with Crippen LogP contribution < -0.4 is 5.11 Å². The number of rotatable bonds is 52. The molecule has 0 saturated carbocycles. The summed E-state index contributed by atoms with van der Waals surface area (Å²) >= 11 is 0. The zero-order chi connectivity index (χ0) is 52.0. The normalized spacial score (nSPS) is 13.4. The Morgan fingerprint density at radius 3 is 1.18 bits per heavy atom. The second kappa shape index (κ2) is 52.8. The Morgan fingerprint density at radius 2 is 0.803 bits per heavy atom. The monoisotopic (exact) mass is 994 g/mol. The number of esters is 2. The van der Waals surface area contributed by atoms with Gasteiger partial charge in [-0.25, -0.2) is 0 Å². The molecule has 9 nitrogen and oxygen atoms in total. The number of nitrogens with zero attached hydrogens (tertiary/aromatic N) is 1. The number of aliphatic carboxylic acids is 1. The fourth-order valence-corrected chi connectivity index (χ4v) is 7.76. The Kier molecular flexibility index (Phi) is 50.2. The lowest BCUT2D eigenvalue weighted by atomic mass is 10.0. The Morgan fingerprint density at radius 1 is 0.437 bits per heavy atom. The van der Waals surface area contributed by atoms with E-state index in [1.165, 1.54) is 128 Å². The van der Waals surface area contributed by atoms with Crippen LogP contribution in [0.3, 0.4) is 0 Å². The maximum absolute atomic E-state index is 12.8. The van der Waals surface area contributed by atoms with Crippen molar-refractivity contribution in [2.75, 3.05) is 47.5 Å². The largest absolute Gasteiger partial charge is 0.545 e. The van der Waals surface area contributed by atoms with Gasteiger partial charge in [0.05, 0.1) is 40.3 Å². The molecule has 0 rings (SSSR count). The SMILES string of the molecule is CC/C=C\C/C=C\C/C=C\C/C=C\C/C=C\C/C=C\C/C=C\CCCC(=O)OC(COC(=O)CCCCCCCCCCCCCCCCCCCCCCCCC)COC(OCC[N+](C)(C)C)C(=O)[O-]. The summed E-state index contributed by atoms with van der Waals surface area (Å²) in [5, 5.41) is 11.8. The number of likely N-dealkylation sites (N-methyl/N-ethyl adjacent to an activating group) is 1. The molecular formula is C62H107NO8. The molecule has 0 spiro atoms. The second-order valence-corrected chi connectivity index (χ2v) is 20.2. The van der Waals surface area contributed by atoms with Crippen LogP contribution in [0.15, 0.2) is 85.1 Å². The van der Waals surface area contributed by atoms with Crippen molar-refractivity contribution in [3.63, 3.8) is 0 Å². The first-order valence-electron chi connectivity index (χ1n) is 28.7. The van der Waals surface area contributed by atoms with E-state index in [-0.39, 0.29) is 38.6 Å². The van der Waals surface area contributed by atoms with E-state index in [0.717, 1.165) is 64.2 Å². The first kappa shape index (κ1) is 67.5. The molecule has 0 amide bonds. The molecule has 71 heavy (non-hydrogen) atoms. The predicted octanol–water partition coefficient (Wildman–Crippen LogP) is 15.5. The Hall–Kier alpha value is -3.53. The van der Waals surface area contributed by atoms with Gasteiger partial charge in [0.25, 0.3) is 0 Å². The van der Waals surface area contributed by atoms with Crippen LogP contribution in [0.5, 0.6) is 0 Å². The van der Waals surface area contributed by atoms with Crippen molar-refractivity contribution >= 4 is 17.9 Å². The van der Waals surface area contributed by atoms with Crippen molar-refractivity contribution in [2.45, 2.75) is 245 Å². The highest BCUT2D eigenvalue weighted by Crippen LogP contribution is 2.16. The van der Waals surface area contributed by atoms with Crippen LogP contribution in [0.25, 0.3) is 0 Å². The third-order valence-corrected chi connectivity index (χ3v) is 12.2. The molecule has 0 aliphatic carbocycles. The van der Waals surface area contributed by atoms with Crippen molar-refractivity contribution < 1.29 is 42.9 Å². The summed E-state index contributed by atoms with van der Waals surface area (Å²) in [5.41, 5.74) is 0. The van der Waals surface area contributed by atoms with Gasteiger partial charge in [-0.1, -0.05) is 240 Å². The van der Waals surface area contributed by atoms with E-state index in [1.807, 2.05) is 21.1 Å². The average Bonchev–Trinajstić information content (AvgIpc) is 3.34. The lowest BCUT2D eigenvalue weighted by molar-refractivity contribution is -0.870. The molecule has 0 aromatic carbocycles. The van der Waals surface area contributed by atoms with Gasteiger partial charge in [0.15, 0.2) is 12.4 Å². The first-order chi connectivity index (χ1) is 34.6. The molecule has 0 radical (unpaired) electrons. The molecule has 9 heteroatoms. The number of carbonyl (C=O) groups is 3. The van der Waals surface area contributed by atoms with Crippen LogP contribution in [-0.2, 0) is 33.3 Å². The summed E-state index contributed by atoms with van der Waals surface area (Å²) in [4.78, 5) is 37.3. The molecule has 0 fully saturated rings. The van der Waals surface area contributed by atoms with Crippen LogP contribution in [0.1, 0.15) is 232 Å². The molecule has 408 valence electrons. The van der Waals surface area contributed by atoms with E-state index in [2.05, 4.69) is 98.9 Å². The van der Waals surface area contributed by atoms with Crippen molar-refractivity contribution in [2.24, 2.45) is 0 Å². The van der Waals surface area contributed by atoms with Gasteiger partial charge in [0.1, 0.15) is 13.2 Å². The number of quaternary nitrogens is 1. The molecule has 0 bridgehead atoms. The topological polar surface area (TPSA) is 111 Å². The first-order valence-corrected chi connectivity index (χ1v) is 28.7. The van der Waals surface area contributed by atoms with Gasteiger partial charge in [-0.15, -0.1) is 0 Å². The molecule has 0 aromatic heterocycles. The maximum atomic E-state index is 12.8. The molecule has 0 aliphatic rings. The average molecular weight is 995 g/mol. The van der Waals surface area contributed by atoms with E-state index in [9.17, 15) is 19.5 Å². The van der Waals surface area contributed by atoms with E-state index >= 15 is 0 Å². The smallest absolute Gasteiger partial charge is 0.306 e. The Bertz CT molecular complexity index is 1440. The third kappa shape index (κ3) is 54.1. The lowest BCUT2D eigenvalue weighted by Crippen LogP contribution is -2.44. The quantitative estimate of drug-likeness (QED) is 0.0195. The molecule has 0 N–H and O–H groups in total. The second-order valence-electron chi connectivity index (χ2n) is 20.2. The molecule has 0 heterocycles. The number of hydrogen-bond acceptors (Lipinski definition) is 8. The van der Waals surface area contributed by atoms with Gasteiger partial charge >= 0.3 is 11.9 Å². The van der Waals surface area contributed by atoms with Gasteiger partial charge in [-0.3, -0.25) is 9.59 Å². The van der Waals surface area contributed by atoms with Crippen LogP contribution in [0, 0.1) is 0 Å². The summed E-state index contributed by atoms with van der Waals surface area (Å²) < 4.78 is 22.6. The number of carboxylic acids is 1. The Labute approximate surface area is 436 Å². The summed E-state index contributed by atoms with van der Waals surface area (Å²) in [6.07, 6.45) is 66.4. The lowest BCUT2D eigenvalue weighted by Gasteiger charge is -2.26. The molecule has 0 saturated heterocycles. The summed E-state index contributed by atoms with van der Waals surface area (Å²) in [5.74, 6) is -2.36. The molecule has 0 aromatic rings. The van der Waals surface area contributed by atoms with Crippen molar-refractivity contribution in [3.05, 3.63) is 85.1 Å². The summed E-state index contributed by atoms with van der Waals surface area (Å²) in [6.45, 7) is 4.58. The third-order valence-electron chi connectivity index (χ3n) is 12.2. The van der Waals surface area contributed by atoms with Crippen LogP contribution in [-0.4, -0.2) is 82.3 Å². The predicted molar refractivity (Wildman–Crippen MR) is 297 cm³/mol. The number of carboxylic acid groups (broad SMARTS) is 1. The zero-order valence-electron chi connectivity index (χ0n) is 46.3. The van der Waals surface area contributed by atoms with Crippen LogP contribution in [0.4, 0.5) is 0 Å². The fraction of sp³-hybridized carbons (Fsp3) is 0.726. The van der Waals surface area contributed by atoms with Gasteiger partial charge in [0.2, 0.25) is 0 Å². The number of hydrogen-bond donors (Lipinski definition) is 0. The number of carbonyl (C=O) groups excluding carboxylic acids is 3. The van der Waals surface area contributed by atoms with Gasteiger partial charge in [-0.2, -0.15) is 0 Å². The minimum Gasteiger partial charge on any atom is -0.545 e. The van der Waals surface area contributed by atoms with Crippen LogP contribution in [0.2, 0.25) is 0 Å². The highest BCUT2D eigenvalue weighted by molar-refractivity contribution is 5.70. The number of allylic oxidation sites excluding steroid dienone is 14. The molecule has 0 aliphatic heterocycles. The van der Waals surface area contributed by atoms with Crippen molar-refractivity contribution in [3.8, 4) is 0 Å². The van der Waals surface area contributed by atoms with E-state index in [4.69, 9.17) is 18.9 Å². The minimum atomic E-state index is -1.64. The van der Waals surface area contributed by atoms with Crippen molar-refractivity contribution in [1.82, 2.24) is 0 Å². The van der Waals surface area contributed by atoms with E-state index in [1.54, 1.807) is 0 Å². The summed E-state index contributed by atoms with van der Waals surface area (Å²) in [6, 6.07) is 0. The number of unbranched alkanes of at least 4 members (excludes halogenated alkanes) is 23. The molecule has 2 atom stereocenters. The summed E-state index contributed by atoms with van der Waals surface area (Å²) in [7, 11) is 5.90. The highest BCUT2D eigenvalue weighted by atomic mass is 16.7. The standard InChI is InChI=1S/C62H107NO8/c1-6-8-10-12-14-16-18-20-22-24-26-28-30-32-34-36-38-40-42-44-46-48-50-52-59(64)69-56-58(57-70-62(61(66)67)68-55-54-63(3,4)5)71-60(65)53-51-49-47-45-43-41-39-37-35-33-31-29-27-25-23-21-19-17-15-13-11-9-7-2/h9,11,15,17,21,23,27,29,33,35,39,41,45,47,58,62H,6-8,10,12-14,16,18-20,22,24-26,28,30-32,34,36-38,40,42-44,46,48-57H2,1-5H3/b11-9-,17-15-,23-21-,29-27-,35-33-,41-39-,47-45-. The minimum absolute atomic E-state index is 0.134. The number of ether oxygens (including phenoxy) is 4. The van der Waals surface area contributed by atoms with Gasteiger partial charge in [-0.05, 0) is 64.2 Å². The van der Waals surface area contributed by atoms with Crippen LogP contribution >= 0.6 is 0 Å². The molecule has 2 unspecified atom stereocenters. The Balaban J connectivity index is 4.35. The van der Waals surface area contributed by atoms with E-state index < -0.39 is 24.3 Å². The zero-order valence-corrected chi connectivity index (χ0v) is 46.3. The van der Waals surface area contributed by atoms with Gasteiger partial charge in [0, 0.05) is 12.8 Å². The maximum Gasteiger partial charge on any atom is 0.306 e. The highest BCUT2D eigenvalue weighted by Gasteiger charge is 2.21.